The molecule has 2 aliphatic carbocycles. The van der Waals surface area contributed by atoms with Crippen LogP contribution in [0.5, 0.6) is 0 Å². The number of hydrogen-bond donors (Lipinski definition) is 1. The zero-order valence-corrected chi connectivity index (χ0v) is 26.0. The van der Waals surface area contributed by atoms with Gasteiger partial charge in [0, 0.05) is 55.8 Å². The van der Waals surface area contributed by atoms with Crippen LogP contribution in [0.15, 0.2) is 35.4 Å². The maximum atomic E-state index is 14.2. The number of anilines is 3. The molecule has 3 fully saturated rings. The summed E-state index contributed by atoms with van der Waals surface area (Å²) >= 11 is 0.745. The zero-order chi connectivity index (χ0) is 31.0. The summed E-state index contributed by atoms with van der Waals surface area (Å²) in [5.41, 5.74) is 1.36. The predicted octanol–water partition coefficient (Wildman–Crippen LogP) is 5.38. The Bertz CT molecular complexity index is 1740. The van der Waals surface area contributed by atoms with Gasteiger partial charge in [-0.15, -0.1) is 11.3 Å². The predicted molar refractivity (Wildman–Crippen MR) is 162 cm³/mol. The molecule has 9 nitrogen and oxygen atoms in total. The molecule has 7 rings (SSSR count). The van der Waals surface area contributed by atoms with E-state index in [2.05, 4.69) is 45.1 Å². The van der Waals surface area contributed by atoms with E-state index in [0.717, 1.165) is 79.8 Å². The molecule has 2 aromatic heterocycles. The lowest BCUT2D eigenvalue weighted by Crippen LogP contribution is -2.50. The van der Waals surface area contributed by atoms with Crippen molar-refractivity contribution in [1.82, 2.24) is 19.8 Å². The minimum Gasteiger partial charge on any atom is -0.369 e. The minimum absolute atomic E-state index is 0.0264. The van der Waals surface area contributed by atoms with Gasteiger partial charge in [-0.2, -0.15) is 13.2 Å². The number of carbonyl (C=O) groups excluding carboxylic acids is 1. The number of benzene rings is 1. The van der Waals surface area contributed by atoms with E-state index in [-0.39, 0.29) is 38.9 Å². The number of likely N-dealkylation sites (N-methyl/N-ethyl adjacent to an activating group) is 1. The van der Waals surface area contributed by atoms with Crippen molar-refractivity contribution in [3.05, 3.63) is 46.5 Å². The summed E-state index contributed by atoms with van der Waals surface area (Å²) in [6.07, 6.45) is -0.444. The second kappa shape index (κ2) is 10.7. The van der Waals surface area contributed by atoms with Crippen molar-refractivity contribution >= 4 is 44.4 Å². The standard InChI is InChI=1S/C30H33F3N6O3S2/c1-17-16-38(10-9-37(17)2)20-7-8-23(21(13-20)18-3-4-18)35-29-34-15-22(30(31,32)33)26(36-29)24-14-25-27(43-24)28(40)39(19-5-6-19)11-12-44(25,41)42/h7-8,13-15,17-19H,3-6,9-12,16H2,1-2H3,(H,34,35,36). The number of sulfone groups is 1. The summed E-state index contributed by atoms with van der Waals surface area (Å²) in [6, 6.07) is 7.65. The largest absolute Gasteiger partial charge is 0.420 e. The van der Waals surface area contributed by atoms with E-state index in [4.69, 9.17) is 0 Å². The molecular weight excluding hydrogens is 613 g/mol. The van der Waals surface area contributed by atoms with E-state index in [1.54, 1.807) is 0 Å². The summed E-state index contributed by atoms with van der Waals surface area (Å²) in [6.45, 7) is 5.04. The van der Waals surface area contributed by atoms with Gasteiger partial charge in [-0.25, -0.2) is 18.4 Å². The molecule has 1 unspecified atom stereocenters. The molecule has 4 heterocycles. The highest BCUT2D eigenvalue weighted by atomic mass is 32.2. The highest BCUT2D eigenvalue weighted by Gasteiger charge is 2.42. The summed E-state index contributed by atoms with van der Waals surface area (Å²) in [5.74, 6) is -0.415. The number of thiophene rings is 1. The van der Waals surface area contributed by atoms with Crippen LogP contribution in [0.3, 0.4) is 0 Å². The molecule has 1 saturated heterocycles. The molecule has 4 aliphatic rings. The van der Waals surface area contributed by atoms with Crippen LogP contribution in [-0.2, 0) is 16.0 Å². The van der Waals surface area contributed by atoms with E-state index in [1.165, 1.54) is 11.0 Å². The van der Waals surface area contributed by atoms with Crippen molar-refractivity contribution in [2.45, 2.75) is 61.7 Å². The first-order valence-corrected chi connectivity index (χ1v) is 17.3. The Labute approximate surface area is 258 Å². The Morgan fingerprint density at radius 3 is 2.52 bits per heavy atom. The Morgan fingerprint density at radius 1 is 1.07 bits per heavy atom. The second-order valence-corrected chi connectivity index (χ2v) is 15.4. The van der Waals surface area contributed by atoms with Crippen molar-refractivity contribution in [2.75, 3.05) is 49.2 Å². The lowest BCUT2D eigenvalue weighted by atomic mass is 10.1. The lowest BCUT2D eigenvalue weighted by molar-refractivity contribution is -0.137. The number of piperazine rings is 1. The average molecular weight is 647 g/mol. The molecule has 14 heteroatoms. The third-order valence-corrected chi connectivity index (χ3v) is 12.0. The van der Waals surface area contributed by atoms with Crippen LogP contribution in [0.2, 0.25) is 0 Å². The number of carbonyl (C=O) groups is 1. The minimum atomic E-state index is -4.79. The number of fused-ring (bicyclic) bond motifs is 1. The average Bonchev–Trinajstić information content (AvgIpc) is 3.92. The Morgan fingerprint density at radius 2 is 1.84 bits per heavy atom. The first-order valence-electron chi connectivity index (χ1n) is 14.9. The molecule has 2 saturated carbocycles. The monoisotopic (exact) mass is 646 g/mol. The van der Waals surface area contributed by atoms with Crippen LogP contribution < -0.4 is 10.2 Å². The molecule has 0 spiro atoms. The van der Waals surface area contributed by atoms with Gasteiger partial charge in [0.25, 0.3) is 5.91 Å². The van der Waals surface area contributed by atoms with Crippen LogP contribution in [0, 0.1) is 0 Å². The molecule has 1 atom stereocenters. The van der Waals surface area contributed by atoms with Crippen molar-refractivity contribution < 1.29 is 26.4 Å². The summed E-state index contributed by atoms with van der Waals surface area (Å²) in [7, 11) is -1.75. The number of hydrogen-bond acceptors (Lipinski definition) is 9. The van der Waals surface area contributed by atoms with E-state index >= 15 is 0 Å². The maximum Gasteiger partial charge on any atom is 0.420 e. The molecule has 1 N–H and O–H groups in total. The van der Waals surface area contributed by atoms with E-state index in [0.29, 0.717) is 12.0 Å². The van der Waals surface area contributed by atoms with Gasteiger partial charge in [-0.05, 0) is 75.4 Å². The Kier molecular flexibility index (Phi) is 7.16. The molecule has 0 bridgehead atoms. The molecule has 1 aromatic carbocycles. The van der Waals surface area contributed by atoms with Gasteiger partial charge in [-0.1, -0.05) is 0 Å². The maximum absolute atomic E-state index is 14.2. The number of nitrogens with zero attached hydrogens (tertiary/aromatic N) is 5. The van der Waals surface area contributed by atoms with Gasteiger partial charge in [0.15, 0.2) is 9.84 Å². The molecular formula is C30H33F3N6O3S2. The summed E-state index contributed by atoms with van der Waals surface area (Å²) in [4.78, 5) is 27.5. The lowest BCUT2D eigenvalue weighted by Gasteiger charge is -2.39. The number of halogens is 3. The normalized spacial score (nSPS) is 22.6. The third kappa shape index (κ3) is 5.56. The number of nitrogens with one attached hydrogen (secondary N) is 1. The third-order valence-electron chi connectivity index (χ3n) is 9.03. The molecule has 234 valence electrons. The smallest absolute Gasteiger partial charge is 0.369 e. The summed E-state index contributed by atoms with van der Waals surface area (Å²) < 4.78 is 68.8. The van der Waals surface area contributed by atoms with Crippen LogP contribution in [-0.4, -0.2) is 85.2 Å². The van der Waals surface area contributed by atoms with Crippen LogP contribution in [0.1, 0.15) is 59.3 Å². The highest BCUT2D eigenvalue weighted by molar-refractivity contribution is 7.91. The SMILES string of the molecule is CC1CN(c2ccc(Nc3ncc(C(F)(F)F)c(-c4cc5c(s4)C(=O)N(C4CC4)CCS5(=O)=O)n3)c(C3CC3)c2)CCN1C. The zero-order valence-electron chi connectivity index (χ0n) is 24.4. The van der Waals surface area contributed by atoms with Crippen molar-refractivity contribution in [2.24, 2.45) is 0 Å². The van der Waals surface area contributed by atoms with Gasteiger partial charge in [-0.3, -0.25) is 4.79 Å². The van der Waals surface area contributed by atoms with Crippen molar-refractivity contribution in [1.29, 1.82) is 0 Å². The fraction of sp³-hybridized carbons (Fsp3) is 0.500. The van der Waals surface area contributed by atoms with Crippen LogP contribution in [0.25, 0.3) is 10.6 Å². The van der Waals surface area contributed by atoms with Gasteiger partial charge < -0.3 is 20.0 Å². The van der Waals surface area contributed by atoms with E-state index in [1.807, 2.05) is 12.1 Å². The second-order valence-electron chi connectivity index (χ2n) is 12.3. The number of amides is 1. The Balaban J connectivity index is 1.25. The molecule has 0 radical (unpaired) electrons. The van der Waals surface area contributed by atoms with Gasteiger partial charge in [0.05, 0.1) is 21.2 Å². The Hall–Kier alpha value is -3.23. The first kappa shape index (κ1) is 29.5. The molecule has 3 aromatic rings. The van der Waals surface area contributed by atoms with Gasteiger partial charge in [0.1, 0.15) is 10.4 Å². The molecule has 44 heavy (non-hydrogen) atoms. The van der Waals surface area contributed by atoms with Gasteiger partial charge >= 0.3 is 6.18 Å². The van der Waals surface area contributed by atoms with Crippen molar-refractivity contribution in [3.8, 4) is 10.6 Å². The van der Waals surface area contributed by atoms with Gasteiger partial charge in [0.2, 0.25) is 5.95 Å². The molecule has 2 aliphatic heterocycles. The first-order chi connectivity index (χ1) is 20.9. The quantitative estimate of drug-likeness (QED) is 0.382. The highest BCUT2D eigenvalue weighted by Crippen LogP contribution is 2.46. The fourth-order valence-corrected chi connectivity index (χ4v) is 8.92. The van der Waals surface area contributed by atoms with E-state index < -0.39 is 33.2 Å². The topological polar surface area (TPSA) is 98.7 Å². The number of rotatable bonds is 6. The summed E-state index contributed by atoms with van der Waals surface area (Å²) in [5, 5.41) is 3.15. The van der Waals surface area contributed by atoms with Crippen LogP contribution >= 0.6 is 11.3 Å². The number of aromatic nitrogens is 2. The number of alkyl halides is 3. The fourth-order valence-electron chi connectivity index (χ4n) is 6.00. The van der Waals surface area contributed by atoms with E-state index in [9.17, 15) is 26.4 Å². The van der Waals surface area contributed by atoms with Crippen molar-refractivity contribution in [3.63, 3.8) is 0 Å². The van der Waals surface area contributed by atoms with Crippen LogP contribution in [0.4, 0.5) is 30.5 Å². The molecule has 1 amide bonds.